The lowest BCUT2D eigenvalue weighted by molar-refractivity contribution is 0.1000. The first-order valence-corrected chi connectivity index (χ1v) is 6.21. The van der Waals surface area contributed by atoms with Gasteiger partial charge >= 0.3 is 0 Å². The van der Waals surface area contributed by atoms with Gasteiger partial charge in [0.25, 0.3) is 0 Å². The predicted octanol–water partition coefficient (Wildman–Crippen LogP) is 2.77. The molecular weight excluding hydrogens is 232 g/mol. The third kappa shape index (κ3) is 2.85. The summed E-state index contributed by atoms with van der Waals surface area (Å²) in [5, 5.41) is 5.40. The van der Waals surface area contributed by atoms with Gasteiger partial charge < -0.3 is 11.1 Å². The van der Waals surface area contributed by atoms with E-state index in [0.29, 0.717) is 5.56 Å². The highest BCUT2D eigenvalue weighted by molar-refractivity contribution is 7.09. The van der Waals surface area contributed by atoms with E-state index >= 15 is 0 Å². The Morgan fingerprint density at radius 1 is 1.41 bits per heavy atom. The van der Waals surface area contributed by atoms with E-state index in [0.717, 1.165) is 17.8 Å². The molecule has 0 aliphatic heterocycles. The summed E-state index contributed by atoms with van der Waals surface area (Å²) in [7, 11) is 0. The molecule has 0 radical (unpaired) electrons. The van der Waals surface area contributed by atoms with Crippen LogP contribution >= 0.6 is 11.3 Å². The van der Waals surface area contributed by atoms with Crippen molar-refractivity contribution in [1.29, 1.82) is 0 Å². The first-order chi connectivity index (χ1) is 8.16. The summed E-state index contributed by atoms with van der Waals surface area (Å²) in [5.41, 5.74) is 7.83. The van der Waals surface area contributed by atoms with E-state index < -0.39 is 5.91 Å². The molecule has 88 valence electrons. The van der Waals surface area contributed by atoms with Crippen molar-refractivity contribution >= 4 is 22.9 Å². The number of aryl methyl sites for hydroxylation is 1. The maximum absolute atomic E-state index is 11.0. The van der Waals surface area contributed by atoms with Crippen molar-refractivity contribution in [2.75, 3.05) is 5.32 Å². The van der Waals surface area contributed by atoms with Gasteiger partial charge in [-0.2, -0.15) is 0 Å². The lowest BCUT2D eigenvalue weighted by atomic mass is 10.1. The second kappa shape index (κ2) is 5.01. The van der Waals surface area contributed by atoms with Gasteiger partial charge in [0.1, 0.15) is 0 Å². The average Bonchev–Trinajstić information content (AvgIpc) is 2.80. The zero-order chi connectivity index (χ0) is 12.3. The Hall–Kier alpha value is -1.81. The van der Waals surface area contributed by atoms with Gasteiger partial charge in [0.2, 0.25) is 5.91 Å². The number of benzene rings is 1. The summed E-state index contributed by atoms with van der Waals surface area (Å²) < 4.78 is 0. The molecule has 0 saturated heterocycles. The highest BCUT2D eigenvalue weighted by Gasteiger charge is 2.04. The molecule has 3 N–H and O–H groups in total. The van der Waals surface area contributed by atoms with Crippen molar-refractivity contribution in [3.8, 4) is 0 Å². The quantitative estimate of drug-likeness (QED) is 0.871. The summed E-state index contributed by atoms with van der Waals surface area (Å²) in [5.74, 6) is -0.391. The average molecular weight is 246 g/mol. The number of nitrogens with one attached hydrogen (secondary N) is 1. The number of thiophene rings is 1. The third-order valence-electron chi connectivity index (χ3n) is 2.54. The summed E-state index contributed by atoms with van der Waals surface area (Å²) >= 11 is 1.72. The first kappa shape index (κ1) is 11.7. The monoisotopic (exact) mass is 246 g/mol. The van der Waals surface area contributed by atoms with Gasteiger partial charge in [-0.15, -0.1) is 11.3 Å². The van der Waals surface area contributed by atoms with Gasteiger partial charge in [0.05, 0.1) is 0 Å². The number of anilines is 1. The summed E-state index contributed by atoms with van der Waals surface area (Å²) in [4.78, 5) is 12.3. The van der Waals surface area contributed by atoms with Gasteiger partial charge in [0, 0.05) is 22.7 Å². The highest BCUT2D eigenvalue weighted by Crippen LogP contribution is 2.18. The van der Waals surface area contributed by atoms with Gasteiger partial charge in [-0.1, -0.05) is 6.07 Å². The molecule has 1 aromatic carbocycles. The topological polar surface area (TPSA) is 55.1 Å². The second-order valence-electron chi connectivity index (χ2n) is 3.83. The summed E-state index contributed by atoms with van der Waals surface area (Å²) in [6.45, 7) is 2.76. The van der Waals surface area contributed by atoms with Crippen LogP contribution in [0.3, 0.4) is 0 Å². The smallest absolute Gasteiger partial charge is 0.248 e. The van der Waals surface area contributed by atoms with E-state index in [4.69, 9.17) is 5.73 Å². The molecule has 0 unspecified atom stereocenters. The van der Waals surface area contributed by atoms with E-state index in [9.17, 15) is 4.79 Å². The molecule has 3 nitrogen and oxygen atoms in total. The molecule has 0 aliphatic carbocycles. The fraction of sp³-hybridized carbons (Fsp3) is 0.154. The predicted molar refractivity (Wildman–Crippen MR) is 71.3 cm³/mol. The molecule has 1 amide bonds. The first-order valence-electron chi connectivity index (χ1n) is 5.33. The number of primary amides is 1. The minimum atomic E-state index is -0.391. The summed E-state index contributed by atoms with van der Waals surface area (Å²) in [6, 6.07) is 9.56. The molecule has 0 atom stereocenters. The number of hydrogen-bond donors (Lipinski definition) is 2. The molecule has 1 aromatic heterocycles. The zero-order valence-corrected chi connectivity index (χ0v) is 10.4. The van der Waals surface area contributed by atoms with Crippen LogP contribution in [0.15, 0.2) is 35.7 Å². The molecular formula is C13H14N2OS. The zero-order valence-electron chi connectivity index (χ0n) is 9.57. The summed E-state index contributed by atoms with van der Waals surface area (Å²) in [6.07, 6.45) is 0. The van der Waals surface area contributed by atoms with Crippen LogP contribution in [-0.2, 0) is 6.54 Å². The van der Waals surface area contributed by atoms with Crippen molar-refractivity contribution in [2.45, 2.75) is 13.5 Å². The Labute approximate surface area is 104 Å². The Morgan fingerprint density at radius 3 is 2.82 bits per heavy atom. The van der Waals surface area contributed by atoms with E-state index in [2.05, 4.69) is 16.8 Å². The second-order valence-corrected chi connectivity index (χ2v) is 4.86. The van der Waals surface area contributed by atoms with Crippen LogP contribution < -0.4 is 11.1 Å². The molecule has 0 spiro atoms. The van der Waals surface area contributed by atoms with Crippen LogP contribution in [0.1, 0.15) is 20.8 Å². The largest absolute Gasteiger partial charge is 0.380 e. The molecule has 17 heavy (non-hydrogen) atoms. The van der Waals surface area contributed by atoms with Crippen molar-refractivity contribution in [3.05, 3.63) is 51.7 Å². The third-order valence-corrected chi connectivity index (χ3v) is 3.42. The maximum atomic E-state index is 11.0. The van der Waals surface area contributed by atoms with Crippen molar-refractivity contribution in [2.24, 2.45) is 5.73 Å². The Bertz CT molecular complexity index is 520. The number of rotatable bonds is 4. The molecule has 0 fully saturated rings. The number of carbonyl (C=O) groups excluding carboxylic acids is 1. The minimum Gasteiger partial charge on any atom is -0.380 e. The number of amides is 1. The lowest BCUT2D eigenvalue weighted by Crippen LogP contribution is -2.11. The van der Waals surface area contributed by atoms with E-state index in [1.807, 2.05) is 19.1 Å². The number of hydrogen-bond acceptors (Lipinski definition) is 3. The van der Waals surface area contributed by atoms with Crippen molar-refractivity contribution in [3.63, 3.8) is 0 Å². The van der Waals surface area contributed by atoms with Gasteiger partial charge in [0.15, 0.2) is 0 Å². The van der Waals surface area contributed by atoms with E-state index in [-0.39, 0.29) is 0 Å². The lowest BCUT2D eigenvalue weighted by Gasteiger charge is -2.09. The SMILES string of the molecule is Cc1cc(C(N)=O)ccc1NCc1cccs1. The van der Waals surface area contributed by atoms with Crippen LogP contribution in [0.25, 0.3) is 0 Å². The Balaban J connectivity index is 2.09. The van der Waals surface area contributed by atoms with Gasteiger partial charge in [-0.05, 0) is 42.1 Å². The molecule has 0 saturated carbocycles. The van der Waals surface area contributed by atoms with Crippen LogP contribution in [0, 0.1) is 6.92 Å². The number of carbonyl (C=O) groups is 1. The van der Waals surface area contributed by atoms with Crippen LogP contribution in [0.4, 0.5) is 5.69 Å². The standard InChI is InChI=1S/C13H14N2OS/c1-9-7-10(13(14)16)4-5-12(9)15-8-11-3-2-6-17-11/h2-7,15H,8H2,1H3,(H2,14,16). The van der Waals surface area contributed by atoms with Crippen molar-refractivity contribution < 1.29 is 4.79 Å². The fourth-order valence-corrected chi connectivity index (χ4v) is 2.26. The normalized spacial score (nSPS) is 10.2. The van der Waals surface area contributed by atoms with Crippen LogP contribution in [-0.4, -0.2) is 5.91 Å². The highest BCUT2D eigenvalue weighted by atomic mass is 32.1. The van der Waals surface area contributed by atoms with Gasteiger partial charge in [-0.3, -0.25) is 4.79 Å². The van der Waals surface area contributed by atoms with Gasteiger partial charge in [-0.25, -0.2) is 0 Å². The number of nitrogens with two attached hydrogens (primary N) is 1. The molecule has 4 heteroatoms. The maximum Gasteiger partial charge on any atom is 0.248 e. The van der Waals surface area contributed by atoms with E-state index in [1.165, 1.54) is 4.88 Å². The molecule has 2 aromatic rings. The Morgan fingerprint density at radius 2 is 2.24 bits per heavy atom. The minimum absolute atomic E-state index is 0.391. The Kier molecular flexibility index (Phi) is 3.44. The van der Waals surface area contributed by atoms with E-state index in [1.54, 1.807) is 23.5 Å². The molecule has 0 bridgehead atoms. The molecule has 0 aliphatic rings. The van der Waals surface area contributed by atoms with Crippen molar-refractivity contribution in [1.82, 2.24) is 0 Å². The fourth-order valence-electron chi connectivity index (χ4n) is 1.61. The van der Waals surface area contributed by atoms with Crippen LogP contribution in [0.5, 0.6) is 0 Å². The van der Waals surface area contributed by atoms with Crippen LogP contribution in [0.2, 0.25) is 0 Å². The molecule has 1 heterocycles. The molecule has 2 rings (SSSR count).